The van der Waals surface area contributed by atoms with Gasteiger partial charge in [-0.1, -0.05) is 36.4 Å². The van der Waals surface area contributed by atoms with Crippen LogP contribution in [0.4, 0.5) is 13.2 Å². The van der Waals surface area contributed by atoms with E-state index in [0.29, 0.717) is 6.07 Å². The van der Waals surface area contributed by atoms with E-state index in [9.17, 15) is 32.7 Å². The van der Waals surface area contributed by atoms with Crippen LogP contribution in [0.2, 0.25) is 0 Å². The van der Waals surface area contributed by atoms with Gasteiger partial charge in [-0.15, -0.1) is 11.8 Å². The lowest BCUT2D eigenvalue weighted by atomic mass is 9.89. The number of aromatic nitrogens is 3. The van der Waals surface area contributed by atoms with Gasteiger partial charge < -0.3 is 28.7 Å². The van der Waals surface area contributed by atoms with E-state index in [1.165, 1.54) is 65.5 Å². The predicted molar refractivity (Wildman–Crippen MR) is 198 cm³/mol. The Balaban J connectivity index is 1.42. The number of esters is 2. The molecule has 14 nitrogen and oxygen atoms in total. The molecule has 0 saturated carbocycles. The highest BCUT2D eigenvalue weighted by Crippen LogP contribution is 2.43. The Morgan fingerprint density at radius 3 is 2.51 bits per heavy atom. The highest BCUT2D eigenvalue weighted by atomic mass is 32.2. The number of rotatable bonds is 16. The van der Waals surface area contributed by atoms with Crippen LogP contribution in [-0.4, -0.2) is 66.5 Å². The number of benzene rings is 3. The van der Waals surface area contributed by atoms with Crippen molar-refractivity contribution in [2.45, 2.75) is 56.0 Å². The van der Waals surface area contributed by atoms with Crippen molar-refractivity contribution in [2.24, 2.45) is 0 Å². The number of thioether (sulfide) groups is 1. The SMILES string of the molecule is CC(=O)OCc1ccc(COP(=O)(O)O)cc1C(=O)O[C@@](Cn1cncn1)(c1ccc(F)cc1F)[C@@H](C)S[C@H]1CO[C@H](/C=C/C=C/c2ccc(C#N)cc2F)OC1. The number of allylic oxidation sites excluding steroid dienone is 2. The third-order valence-corrected chi connectivity index (χ3v) is 10.4. The highest BCUT2D eigenvalue weighted by Gasteiger charge is 2.47. The lowest BCUT2D eigenvalue weighted by Gasteiger charge is -2.40. The molecule has 0 bridgehead atoms. The van der Waals surface area contributed by atoms with Gasteiger partial charge in [0.1, 0.15) is 36.7 Å². The molecule has 4 aromatic rings. The Kier molecular flexibility index (Phi) is 14.6. The lowest BCUT2D eigenvalue weighted by Crippen LogP contribution is -2.47. The third kappa shape index (κ3) is 11.9. The van der Waals surface area contributed by atoms with E-state index in [1.807, 2.05) is 6.07 Å². The topological polar surface area (TPSA) is 192 Å². The summed E-state index contributed by atoms with van der Waals surface area (Å²) in [5.74, 6) is -4.18. The van der Waals surface area contributed by atoms with E-state index in [4.69, 9.17) is 24.2 Å². The second-order valence-corrected chi connectivity index (χ2v) is 15.4. The summed E-state index contributed by atoms with van der Waals surface area (Å²) in [5.41, 5.74) is -1.58. The van der Waals surface area contributed by atoms with Crippen molar-refractivity contribution in [2.75, 3.05) is 13.2 Å². The number of hydrogen-bond donors (Lipinski definition) is 2. The van der Waals surface area contributed by atoms with E-state index >= 15 is 4.39 Å². The summed E-state index contributed by atoms with van der Waals surface area (Å²) in [6.07, 6.45) is 8.11. The van der Waals surface area contributed by atoms with Crippen molar-refractivity contribution in [1.29, 1.82) is 5.26 Å². The first-order valence-electron chi connectivity index (χ1n) is 17.1. The summed E-state index contributed by atoms with van der Waals surface area (Å²) in [4.78, 5) is 48.5. The lowest BCUT2D eigenvalue weighted by molar-refractivity contribution is -0.146. The van der Waals surface area contributed by atoms with Crippen molar-refractivity contribution < 1.29 is 60.6 Å². The molecule has 1 aromatic heterocycles. The number of nitriles is 1. The summed E-state index contributed by atoms with van der Waals surface area (Å²) >= 11 is 1.23. The number of phosphoric acid groups is 1. The van der Waals surface area contributed by atoms with Gasteiger partial charge in [-0.05, 0) is 48.9 Å². The molecule has 1 saturated heterocycles. The quantitative estimate of drug-likeness (QED) is 0.0745. The molecule has 0 aliphatic carbocycles. The average molecular weight is 829 g/mol. The van der Waals surface area contributed by atoms with Gasteiger partial charge in [-0.2, -0.15) is 10.4 Å². The zero-order valence-corrected chi connectivity index (χ0v) is 32.1. The first-order valence-corrected chi connectivity index (χ1v) is 19.5. The van der Waals surface area contributed by atoms with E-state index in [0.717, 1.165) is 25.1 Å². The van der Waals surface area contributed by atoms with Gasteiger partial charge in [0.25, 0.3) is 0 Å². The maximum Gasteiger partial charge on any atom is 0.469 e. The van der Waals surface area contributed by atoms with Crippen LogP contribution in [0.25, 0.3) is 6.08 Å². The highest BCUT2D eigenvalue weighted by molar-refractivity contribution is 8.00. The number of carbonyl (C=O) groups excluding carboxylic acids is 2. The normalized spacial score (nSPS) is 17.6. The van der Waals surface area contributed by atoms with Gasteiger partial charge in [0.05, 0.1) is 48.8 Å². The monoisotopic (exact) mass is 828 g/mol. The first-order chi connectivity index (χ1) is 27.2. The average Bonchev–Trinajstić information content (AvgIpc) is 3.68. The molecule has 5 rings (SSSR count). The zero-order valence-electron chi connectivity index (χ0n) is 30.4. The number of ether oxygens (including phenoxy) is 4. The maximum absolute atomic E-state index is 16.0. The second-order valence-electron chi connectivity index (χ2n) is 12.6. The molecule has 19 heteroatoms. The van der Waals surface area contributed by atoms with E-state index < -0.39 is 66.2 Å². The van der Waals surface area contributed by atoms with Crippen molar-refractivity contribution in [3.8, 4) is 6.07 Å². The molecule has 2 N–H and O–H groups in total. The Hall–Kier alpha value is -5.12. The summed E-state index contributed by atoms with van der Waals surface area (Å²) < 4.78 is 85.1. The van der Waals surface area contributed by atoms with Crippen LogP contribution < -0.4 is 0 Å². The molecule has 0 amide bonds. The van der Waals surface area contributed by atoms with Crippen LogP contribution >= 0.6 is 19.6 Å². The summed E-state index contributed by atoms with van der Waals surface area (Å²) in [7, 11) is -4.91. The molecule has 1 fully saturated rings. The molecule has 0 unspecified atom stereocenters. The minimum absolute atomic E-state index is 0.130. The molecule has 1 aliphatic heterocycles. The molecule has 0 spiro atoms. The van der Waals surface area contributed by atoms with Crippen LogP contribution in [0, 0.1) is 28.8 Å². The second kappa shape index (κ2) is 19.4. The fourth-order valence-electron chi connectivity index (χ4n) is 5.71. The molecular weight excluding hydrogens is 792 g/mol. The van der Waals surface area contributed by atoms with Crippen LogP contribution in [0.3, 0.4) is 0 Å². The fraction of sp³-hybridized carbons (Fsp3) is 0.289. The number of carbonyl (C=O) groups is 2. The van der Waals surface area contributed by atoms with E-state index in [2.05, 4.69) is 14.6 Å². The Labute approximate surface area is 329 Å². The molecule has 0 radical (unpaired) electrons. The Morgan fingerprint density at radius 1 is 1.09 bits per heavy atom. The van der Waals surface area contributed by atoms with E-state index in [-0.39, 0.29) is 59.7 Å². The molecule has 2 heterocycles. The zero-order chi connectivity index (χ0) is 41.2. The van der Waals surface area contributed by atoms with Crippen molar-refractivity contribution in [3.63, 3.8) is 0 Å². The predicted octanol–water partition coefficient (Wildman–Crippen LogP) is 6.12. The minimum Gasteiger partial charge on any atom is -0.461 e. The van der Waals surface area contributed by atoms with Crippen LogP contribution in [0.15, 0.2) is 85.5 Å². The van der Waals surface area contributed by atoms with Crippen molar-refractivity contribution in [1.82, 2.24) is 14.8 Å². The number of halogens is 3. The maximum atomic E-state index is 16.0. The van der Waals surface area contributed by atoms with Crippen molar-refractivity contribution >= 4 is 37.6 Å². The molecule has 300 valence electrons. The largest absolute Gasteiger partial charge is 0.469 e. The molecule has 57 heavy (non-hydrogen) atoms. The summed E-state index contributed by atoms with van der Waals surface area (Å²) in [5, 5.41) is 11.8. The molecule has 3 aromatic carbocycles. The first kappa shape index (κ1) is 43.0. The summed E-state index contributed by atoms with van der Waals surface area (Å²) in [6, 6.07) is 12.8. The van der Waals surface area contributed by atoms with Crippen LogP contribution in [-0.2, 0) is 58.2 Å². The molecule has 1 aliphatic rings. The number of hydrogen-bond acceptors (Lipinski definition) is 12. The fourth-order valence-corrected chi connectivity index (χ4v) is 7.39. The van der Waals surface area contributed by atoms with Gasteiger partial charge in [-0.3, -0.25) is 9.32 Å². The smallest absolute Gasteiger partial charge is 0.461 e. The Bertz CT molecular complexity index is 2210. The summed E-state index contributed by atoms with van der Waals surface area (Å²) in [6.45, 7) is 1.78. The molecule has 2 atom stereocenters. The van der Waals surface area contributed by atoms with Gasteiger partial charge >= 0.3 is 19.8 Å². The Morgan fingerprint density at radius 2 is 1.86 bits per heavy atom. The van der Waals surface area contributed by atoms with Gasteiger partial charge in [0, 0.05) is 34.9 Å². The van der Waals surface area contributed by atoms with Gasteiger partial charge in [0.2, 0.25) is 0 Å². The van der Waals surface area contributed by atoms with Crippen LogP contribution in [0.5, 0.6) is 0 Å². The standard InChI is InChI=1S/C38H36F3N4O10PS/c1-24(57-31-19-52-36(53-20-31)6-4-3-5-28-9-7-26(16-42)14-34(28)40)38(21-45-23-43-22-44-45,33-12-11-30(39)15-35(33)41)55-37(47)32-13-27(17-54-56(48,49)50)8-10-29(32)18-51-25(2)46/h3-15,22-24,31,36H,17-21H2,1-2H3,(H2,48,49,50)/b5-3+,6-4+/t24-,31-,36-,38-/m1/s1. The minimum atomic E-state index is -4.91. The third-order valence-electron chi connectivity index (χ3n) is 8.48. The van der Waals surface area contributed by atoms with Gasteiger partial charge in [-0.25, -0.2) is 32.2 Å². The number of phosphoric ester groups is 1. The van der Waals surface area contributed by atoms with Gasteiger partial charge in [0.15, 0.2) is 11.9 Å². The van der Waals surface area contributed by atoms with Crippen LogP contribution in [0.1, 0.15) is 52.0 Å². The molecular formula is C38H36F3N4O10PS. The van der Waals surface area contributed by atoms with Crippen molar-refractivity contribution in [3.05, 3.63) is 136 Å². The van der Waals surface area contributed by atoms with E-state index in [1.54, 1.807) is 25.2 Å². The number of nitrogens with zero attached hydrogens (tertiary/aromatic N) is 4.